The van der Waals surface area contributed by atoms with Gasteiger partial charge in [-0.05, 0) is 49.1 Å². The minimum absolute atomic E-state index is 0.170. The Balaban J connectivity index is 1.59. The highest BCUT2D eigenvalue weighted by atomic mass is 35.5. The number of aromatic amines is 1. The maximum absolute atomic E-state index is 13.5. The molecule has 7 nitrogen and oxygen atoms in total. The first kappa shape index (κ1) is 22.9. The van der Waals surface area contributed by atoms with E-state index in [1.807, 2.05) is 0 Å². The maximum atomic E-state index is 13.5. The van der Waals surface area contributed by atoms with Crippen molar-refractivity contribution in [2.45, 2.75) is 31.7 Å². The Labute approximate surface area is 194 Å². The molecule has 1 unspecified atom stereocenters. The van der Waals surface area contributed by atoms with Gasteiger partial charge in [-0.3, -0.25) is 14.4 Å². The van der Waals surface area contributed by atoms with Crippen molar-refractivity contribution in [3.8, 4) is 0 Å². The van der Waals surface area contributed by atoms with Gasteiger partial charge in [0.05, 0.1) is 30.8 Å². The summed E-state index contributed by atoms with van der Waals surface area (Å²) in [6.07, 6.45) is 3.53. The zero-order valence-corrected chi connectivity index (χ0v) is 18.7. The number of amides is 1. The van der Waals surface area contributed by atoms with Crippen molar-refractivity contribution in [1.29, 1.82) is 0 Å². The van der Waals surface area contributed by atoms with Crippen molar-refractivity contribution in [3.63, 3.8) is 0 Å². The lowest BCUT2D eigenvalue weighted by molar-refractivity contribution is -0.149. The van der Waals surface area contributed by atoms with Gasteiger partial charge < -0.3 is 15.0 Å². The number of pyridine rings is 1. The van der Waals surface area contributed by atoms with E-state index in [0.717, 1.165) is 6.42 Å². The van der Waals surface area contributed by atoms with Crippen LogP contribution >= 0.6 is 11.6 Å². The summed E-state index contributed by atoms with van der Waals surface area (Å²) < 4.78 is 18.2. The predicted octanol–water partition coefficient (Wildman–Crippen LogP) is 3.85. The van der Waals surface area contributed by atoms with Crippen molar-refractivity contribution in [2.75, 3.05) is 7.11 Å². The Hall–Kier alpha value is -3.26. The molecule has 3 aromatic rings. The van der Waals surface area contributed by atoms with E-state index < -0.39 is 35.6 Å². The van der Waals surface area contributed by atoms with E-state index in [2.05, 4.69) is 15.3 Å². The molecule has 1 amide bonds. The fraction of sp³-hybridized carbons (Fsp3) is 0.333. The fourth-order valence-electron chi connectivity index (χ4n) is 4.43. The van der Waals surface area contributed by atoms with Crippen molar-refractivity contribution < 1.29 is 23.5 Å². The molecule has 2 N–H and O–H groups in total. The van der Waals surface area contributed by atoms with Crippen LogP contribution in [0.1, 0.15) is 35.3 Å². The molecule has 0 aliphatic heterocycles. The summed E-state index contributed by atoms with van der Waals surface area (Å²) in [6.45, 7) is 0. The summed E-state index contributed by atoms with van der Waals surface area (Å²) in [7, 11) is 1.30. The number of fused-ring (bicyclic) bond motifs is 1. The standard InChI is InChI=1S/C24H23ClFN3O4/c1-33-24(32)17-4-2-3-16(17)22(30)18(9-13-5-7-15(26)8-6-13)29-23(31)19-10-14-11-21(25)27-12-20(14)28-19/h5-8,10-12,16-18,28H,2-4,9H2,1H3,(H,29,31)/t16?,17-,18+/m1/s1. The fourth-order valence-corrected chi connectivity index (χ4v) is 4.60. The van der Waals surface area contributed by atoms with Gasteiger partial charge in [0.25, 0.3) is 5.91 Å². The molecule has 2 aromatic heterocycles. The molecular formula is C24H23ClFN3O4. The summed E-state index contributed by atoms with van der Waals surface area (Å²) in [5, 5.41) is 3.82. The topological polar surface area (TPSA) is 101 Å². The summed E-state index contributed by atoms with van der Waals surface area (Å²) in [6, 6.07) is 8.12. The molecule has 1 fully saturated rings. The number of methoxy groups -OCH3 is 1. The number of nitrogens with zero attached hydrogens (tertiary/aromatic N) is 1. The van der Waals surface area contributed by atoms with Gasteiger partial charge in [0, 0.05) is 11.3 Å². The van der Waals surface area contributed by atoms with Crippen LogP contribution in [0, 0.1) is 17.7 Å². The van der Waals surface area contributed by atoms with Gasteiger partial charge >= 0.3 is 5.97 Å². The Morgan fingerprint density at radius 1 is 1.21 bits per heavy atom. The van der Waals surface area contributed by atoms with E-state index in [4.69, 9.17) is 16.3 Å². The van der Waals surface area contributed by atoms with Crippen LogP contribution in [0.2, 0.25) is 5.15 Å². The Morgan fingerprint density at radius 2 is 1.94 bits per heavy atom. The van der Waals surface area contributed by atoms with Gasteiger partial charge in [0.1, 0.15) is 16.7 Å². The van der Waals surface area contributed by atoms with E-state index >= 15 is 0 Å². The molecule has 3 atom stereocenters. The molecule has 4 rings (SSSR count). The highest BCUT2D eigenvalue weighted by molar-refractivity contribution is 6.30. The van der Waals surface area contributed by atoms with E-state index in [-0.39, 0.29) is 17.9 Å². The van der Waals surface area contributed by atoms with E-state index in [0.29, 0.717) is 34.5 Å². The number of rotatable bonds is 7. The highest BCUT2D eigenvalue weighted by Gasteiger charge is 2.41. The SMILES string of the molecule is COC(=O)[C@@H]1CCCC1C(=O)[C@H](Cc1ccc(F)cc1)NC(=O)c1cc2cc(Cl)ncc2[nH]1. The number of ether oxygens (including phenoxy) is 1. The second kappa shape index (κ2) is 9.70. The number of aromatic nitrogens is 2. The second-order valence-electron chi connectivity index (χ2n) is 8.20. The summed E-state index contributed by atoms with van der Waals surface area (Å²) in [5.41, 5.74) is 1.57. The smallest absolute Gasteiger partial charge is 0.309 e. The minimum Gasteiger partial charge on any atom is -0.469 e. The lowest BCUT2D eigenvalue weighted by atomic mass is 9.86. The zero-order valence-electron chi connectivity index (χ0n) is 17.9. The quantitative estimate of drug-likeness (QED) is 0.402. The molecule has 1 aromatic carbocycles. The van der Waals surface area contributed by atoms with Gasteiger partial charge in [0.15, 0.2) is 5.78 Å². The van der Waals surface area contributed by atoms with Crippen LogP contribution in [0.3, 0.4) is 0 Å². The minimum atomic E-state index is -0.897. The lowest BCUT2D eigenvalue weighted by Gasteiger charge is -2.24. The van der Waals surface area contributed by atoms with Gasteiger partial charge in [-0.2, -0.15) is 0 Å². The second-order valence-corrected chi connectivity index (χ2v) is 8.59. The largest absolute Gasteiger partial charge is 0.469 e. The Morgan fingerprint density at radius 3 is 2.67 bits per heavy atom. The average molecular weight is 472 g/mol. The molecule has 1 saturated carbocycles. The van der Waals surface area contributed by atoms with Crippen LogP contribution in [0.15, 0.2) is 42.6 Å². The van der Waals surface area contributed by atoms with E-state index in [9.17, 15) is 18.8 Å². The molecule has 33 heavy (non-hydrogen) atoms. The van der Waals surface area contributed by atoms with Crippen molar-refractivity contribution in [3.05, 3.63) is 64.8 Å². The van der Waals surface area contributed by atoms with Crippen LogP contribution < -0.4 is 5.32 Å². The number of carbonyl (C=O) groups excluding carboxylic acids is 3. The normalized spacial score (nSPS) is 18.8. The number of esters is 1. The van der Waals surface area contributed by atoms with E-state index in [1.165, 1.54) is 25.4 Å². The van der Waals surface area contributed by atoms with Gasteiger partial charge in [-0.15, -0.1) is 0 Å². The van der Waals surface area contributed by atoms with Gasteiger partial charge in [0.2, 0.25) is 0 Å². The first-order valence-corrected chi connectivity index (χ1v) is 11.0. The number of Topliss-reactive ketones (excluding diaryl/α,β-unsaturated/α-hetero) is 1. The zero-order chi connectivity index (χ0) is 23.5. The summed E-state index contributed by atoms with van der Waals surface area (Å²) >= 11 is 5.92. The predicted molar refractivity (Wildman–Crippen MR) is 120 cm³/mol. The number of hydrogen-bond donors (Lipinski definition) is 2. The van der Waals surface area contributed by atoms with Crippen molar-refractivity contribution in [2.24, 2.45) is 11.8 Å². The third-order valence-electron chi connectivity index (χ3n) is 6.10. The average Bonchev–Trinajstić information content (AvgIpc) is 3.46. The lowest BCUT2D eigenvalue weighted by Crippen LogP contribution is -2.46. The maximum Gasteiger partial charge on any atom is 0.309 e. The van der Waals surface area contributed by atoms with Crippen LogP contribution in [0.5, 0.6) is 0 Å². The third kappa shape index (κ3) is 5.06. The highest BCUT2D eigenvalue weighted by Crippen LogP contribution is 2.34. The molecule has 0 saturated heterocycles. The molecule has 172 valence electrons. The molecular weight excluding hydrogens is 449 g/mol. The summed E-state index contributed by atoms with van der Waals surface area (Å²) in [5.74, 6) is -2.60. The number of ketones is 1. The Bertz CT molecular complexity index is 1190. The van der Waals surface area contributed by atoms with Crippen molar-refractivity contribution in [1.82, 2.24) is 15.3 Å². The molecule has 0 radical (unpaired) electrons. The molecule has 2 heterocycles. The van der Waals surface area contributed by atoms with Crippen LogP contribution in [0.4, 0.5) is 4.39 Å². The molecule has 1 aliphatic rings. The molecule has 9 heteroatoms. The number of nitrogens with one attached hydrogen (secondary N) is 2. The first-order valence-electron chi connectivity index (χ1n) is 10.7. The first-order chi connectivity index (χ1) is 15.9. The van der Waals surface area contributed by atoms with Crippen LogP contribution in [0.25, 0.3) is 10.9 Å². The Kier molecular flexibility index (Phi) is 6.74. The number of benzene rings is 1. The van der Waals surface area contributed by atoms with Crippen LogP contribution in [-0.4, -0.2) is 40.8 Å². The number of hydrogen-bond acceptors (Lipinski definition) is 5. The molecule has 1 aliphatic carbocycles. The van der Waals surface area contributed by atoms with Gasteiger partial charge in [-0.1, -0.05) is 30.2 Å². The number of halogens is 2. The van der Waals surface area contributed by atoms with Crippen molar-refractivity contribution >= 4 is 40.2 Å². The monoisotopic (exact) mass is 471 g/mol. The molecule has 0 spiro atoms. The third-order valence-corrected chi connectivity index (χ3v) is 6.31. The number of H-pyrrole nitrogens is 1. The van der Waals surface area contributed by atoms with E-state index in [1.54, 1.807) is 24.3 Å². The summed E-state index contributed by atoms with van der Waals surface area (Å²) in [4.78, 5) is 45.7. The van der Waals surface area contributed by atoms with Crippen LogP contribution in [-0.2, 0) is 20.7 Å². The number of carbonyl (C=O) groups is 3. The van der Waals surface area contributed by atoms with Gasteiger partial charge in [-0.25, -0.2) is 9.37 Å². The molecule has 0 bridgehead atoms.